The summed E-state index contributed by atoms with van der Waals surface area (Å²) in [5.74, 6) is -0.806. The molecule has 2 N–H and O–H groups in total. The van der Waals surface area contributed by atoms with Crippen LogP contribution in [0.4, 0.5) is 4.79 Å². The van der Waals surface area contributed by atoms with E-state index in [0.717, 1.165) is 5.56 Å². The summed E-state index contributed by atoms with van der Waals surface area (Å²) < 4.78 is 5.12. The standard InChI is InChI=1S/C15H19NO4/c1-15(13(17)18)8-7-12(9-15)16-14(19)20-10-11-5-3-2-4-6-11/h2-6,12H,7-10H2,1H3,(H,16,19)(H,17,18)/t12?,15-/m1/s1. The zero-order valence-electron chi connectivity index (χ0n) is 11.5. The van der Waals surface area contributed by atoms with Crippen LogP contribution in [-0.4, -0.2) is 23.2 Å². The van der Waals surface area contributed by atoms with Crippen molar-refractivity contribution in [1.82, 2.24) is 5.32 Å². The number of hydrogen-bond donors (Lipinski definition) is 2. The highest BCUT2D eigenvalue weighted by Gasteiger charge is 2.41. The van der Waals surface area contributed by atoms with E-state index >= 15 is 0 Å². The number of alkyl carbamates (subject to hydrolysis) is 1. The van der Waals surface area contributed by atoms with Crippen molar-refractivity contribution in [2.24, 2.45) is 5.41 Å². The fourth-order valence-electron chi connectivity index (χ4n) is 2.49. The van der Waals surface area contributed by atoms with E-state index in [4.69, 9.17) is 9.84 Å². The van der Waals surface area contributed by atoms with Crippen LogP contribution in [0.25, 0.3) is 0 Å². The molecule has 1 aromatic rings. The number of benzene rings is 1. The monoisotopic (exact) mass is 277 g/mol. The highest BCUT2D eigenvalue weighted by atomic mass is 16.5. The Morgan fingerprint density at radius 3 is 2.70 bits per heavy atom. The van der Waals surface area contributed by atoms with Gasteiger partial charge in [-0.3, -0.25) is 4.79 Å². The first-order valence-electron chi connectivity index (χ1n) is 6.70. The Morgan fingerprint density at radius 1 is 1.40 bits per heavy atom. The molecule has 0 bridgehead atoms. The first-order chi connectivity index (χ1) is 9.49. The number of carbonyl (C=O) groups is 2. The average molecular weight is 277 g/mol. The van der Waals surface area contributed by atoms with E-state index in [9.17, 15) is 9.59 Å². The molecule has 0 heterocycles. The van der Waals surface area contributed by atoms with Gasteiger partial charge in [-0.1, -0.05) is 30.3 Å². The van der Waals surface area contributed by atoms with Crippen molar-refractivity contribution in [3.8, 4) is 0 Å². The van der Waals surface area contributed by atoms with Gasteiger partial charge in [0.25, 0.3) is 0 Å². The van der Waals surface area contributed by atoms with Gasteiger partial charge in [-0.15, -0.1) is 0 Å². The third-order valence-electron chi connectivity index (χ3n) is 3.79. The normalized spacial score (nSPS) is 25.1. The van der Waals surface area contributed by atoms with E-state index < -0.39 is 17.5 Å². The Hall–Kier alpha value is -2.04. The number of carboxylic acid groups (broad SMARTS) is 1. The number of carbonyl (C=O) groups excluding carboxylic acids is 1. The summed E-state index contributed by atoms with van der Waals surface area (Å²) in [4.78, 5) is 22.8. The first kappa shape index (κ1) is 14.4. The molecule has 1 aliphatic carbocycles. The molecule has 1 unspecified atom stereocenters. The van der Waals surface area contributed by atoms with Crippen molar-refractivity contribution >= 4 is 12.1 Å². The zero-order valence-corrected chi connectivity index (χ0v) is 11.5. The topological polar surface area (TPSA) is 75.6 Å². The molecule has 1 saturated carbocycles. The van der Waals surface area contributed by atoms with Crippen LogP contribution in [0.15, 0.2) is 30.3 Å². The van der Waals surface area contributed by atoms with Crippen molar-refractivity contribution in [3.63, 3.8) is 0 Å². The van der Waals surface area contributed by atoms with Gasteiger partial charge in [0.2, 0.25) is 0 Å². The number of ether oxygens (including phenoxy) is 1. The zero-order chi connectivity index (χ0) is 14.6. The van der Waals surface area contributed by atoms with Gasteiger partial charge >= 0.3 is 12.1 Å². The second kappa shape index (κ2) is 5.94. The van der Waals surface area contributed by atoms with E-state index in [1.807, 2.05) is 30.3 Å². The first-order valence-corrected chi connectivity index (χ1v) is 6.70. The maximum atomic E-state index is 11.7. The van der Waals surface area contributed by atoms with Gasteiger partial charge in [-0.05, 0) is 31.7 Å². The summed E-state index contributed by atoms with van der Waals surface area (Å²) in [5, 5.41) is 11.9. The summed E-state index contributed by atoms with van der Waals surface area (Å²) in [5.41, 5.74) is 0.182. The molecule has 0 aliphatic heterocycles. The minimum Gasteiger partial charge on any atom is -0.481 e. The Morgan fingerprint density at radius 2 is 2.10 bits per heavy atom. The van der Waals surface area contributed by atoms with E-state index in [2.05, 4.69) is 5.32 Å². The number of rotatable bonds is 4. The maximum Gasteiger partial charge on any atom is 0.407 e. The molecule has 0 aromatic heterocycles. The molecule has 1 amide bonds. The second-order valence-corrected chi connectivity index (χ2v) is 5.51. The maximum absolute atomic E-state index is 11.7. The van der Waals surface area contributed by atoms with Gasteiger partial charge in [0.05, 0.1) is 5.41 Å². The molecular weight excluding hydrogens is 258 g/mol. The van der Waals surface area contributed by atoms with Crippen LogP contribution >= 0.6 is 0 Å². The molecule has 1 aromatic carbocycles. The van der Waals surface area contributed by atoms with Gasteiger partial charge in [-0.25, -0.2) is 4.79 Å². The van der Waals surface area contributed by atoms with Crippen LogP contribution in [0.1, 0.15) is 31.7 Å². The van der Waals surface area contributed by atoms with E-state index in [1.165, 1.54) is 0 Å². The van der Waals surface area contributed by atoms with Crippen LogP contribution in [0.3, 0.4) is 0 Å². The number of nitrogens with one attached hydrogen (secondary N) is 1. The lowest BCUT2D eigenvalue weighted by molar-refractivity contribution is -0.147. The van der Waals surface area contributed by atoms with Crippen molar-refractivity contribution in [2.45, 2.75) is 38.8 Å². The van der Waals surface area contributed by atoms with Gasteiger partial charge in [-0.2, -0.15) is 0 Å². The van der Waals surface area contributed by atoms with Crippen molar-refractivity contribution in [1.29, 1.82) is 0 Å². The van der Waals surface area contributed by atoms with Gasteiger partial charge in [0, 0.05) is 6.04 Å². The summed E-state index contributed by atoms with van der Waals surface area (Å²) in [6.07, 6.45) is 1.20. The van der Waals surface area contributed by atoms with Crippen LogP contribution in [-0.2, 0) is 16.1 Å². The summed E-state index contributed by atoms with van der Waals surface area (Å²) in [6.45, 7) is 1.93. The Labute approximate surface area is 117 Å². The lowest BCUT2D eigenvalue weighted by Crippen LogP contribution is -2.35. The molecule has 5 nitrogen and oxygen atoms in total. The molecule has 108 valence electrons. The van der Waals surface area contributed by atoms with Crippen LogP contribution in [0.5, 0.6) is 0 Å². The molecule has 2 atom stereocenters. The minimum atomic E-state index is -0.806. The highest BCUT2D eigenvalue weighted by molar-refractivity contribution is 5.75. The number of amides is 1. The fourth-order valence-corrected chi connectivity index (χ4v) is 2.49. The molecule has 5 heteroatoms. The average Bonchev–Trinajstić information content (AvgIpc) is 2.80. The molecule has 20 heavy (non-hydrogen) atoms. The molecular formula is C15H19NO4. The molecule has 0 radical (unpaired) electrons. The van der Waals surface area contributed by atoms with Crippen molar-refractivity contribution < 1.29 is 19.4 Å². The SMILES string of the molecule is C[C@@]1(C(=O)O)CCC(NC(=O)OCc2ccccc2)C1. The molecule has 0 saturated heterocycles. The molecule has 2 rings (SSSR count). The molecule has 1 fully saturated rings. The number of aliphatic carboxylic acids is 1. The summed E-state index contributed by atoms with van der Waals surface area (Å²) >= 11 is 0. The smallest absolute Gasteiger partial charge is 0.407 e. The second-order valence-electron chi connectivity index (χ2n) is 5.51. The van der Waals surface area contributed by atoms with E-state index in [1.54, 1.807) is 6.92 Å². The van der Waals surface area contributed by atoms with E-state index in [0.29, 0.717) is 19.3 Å². The summed E-state index contributed by atoms with van der Waals surface area (Å²) in [6, 6.07) is 9.29. The van der Waals surface area contributed by atoms with Gasteiger partial charge in [0.15, 0.2) is 0 Å². The van der Waals surface area contributed by atoms with Crippen molar-refractivity contribution in [2.75, 3.05) is 0 Å². The Kier molecular flexibility index (Phi) is 4.27. The summed E-state index contributed by atoms with van der Waals surface area (Å²) in [7, 11) is 0. The Bertz CT molecular complexity index is 488. The van der Waals surface area contributed by atoms with Gasteiger partial charge < -0.3 is 15.2 Å². The van der Waals surface area contributed by atoms with Crippen LogP contribution in [0.2, 0.25) is 0 Å². The predicted molar refractivity (Wildman–Crippen MR) is 73.1 cm³/mol. The van der Waals surface area contributed by atoms with Crippen LogP contribution in [0, 0.1) is 5.41 Å². The third kappa shape index (κ3) is 3.50. The van der Waals surface area contributed by atoms with Gasteiger partial charge in [0.1, 0.15) is 6.61 Å². The largest absolute Gasteiger partial charge is 0.481 e. The lowest BCUT2D eigenvalue weighted by atomic mass is 9.89. The number of hydrogen-bond acceptors (Lipinski definition) is 3. The predicted octanol–water partition coefficient (Wildman–Crippen LogP) is 2.56. The minimum absolute atomic E-state index is 0.126. The highest BCUT2D eigenvalue weighted by Crippen LogP contribution is 2.37. The lowest BCUT2D eigenvalue weighted by Gasteiger charge is -2.18. The number of carboxylic acids is 1. The van der Waals surface area contributed by atoms with Crippen LogP contribution < -0.4 is 5.32 Å². The van der Waals surface area contributed by atoms with E-state index in [-0.39, 0.29) is 12.6 Å². The Balaban J connectivity index is 1.77. The van der Waals surface area contributed by atoms with Crippen molar-refractivity contribution in [3.05, 3.63) is 35.9 Å². The molecule has 1 aliphatic rings. The fraction of sp³-hybridized carbons (Fsp3) is 0.467. The molecule has 0 spiro atoms. The third-order valence-corrected chi connectivity index (χ3v) is 3.79. The quantitative estimate of drug-likeness (QED) is 0.886.